The van der Waals surface area contributed by atoms with Crippen LogP contribution < -0.4 is 5.32 Å². The zero-order valence-electron chi connectivity index (χ0n) is 13.1. The SMILES string of the molecule is O=C(c1cc(-c2cccs2)[nH]n1)N1CCCC2CNCCCC21. The molecule has 0 saturated carbocycles. The van der Waals surface area contributed by atoms with Gasteiger partial charge in [0.15, 0.2) is 5.69 Å². The molecule has 4 heterocycles. The molecule has 0 bridgehead atoms. The molecule has 0 aromatic carbocycles. The van der Waals surface area contributed by atoms with Gasteiger partial charge in [-0.25, -0.2) is 0 Å². The Morgan fingerprint density at radius 2 is 2.30 bits per heavy atom. The summed E-state index contributed by atoms with van der Waals surface area (Å²) >= 11 is 1.65. The molecule has 2 aromatic rings. The fourth-order valence-corrected chi connectivity index (χ4v) is 4.57. The molecule has 23 heavy (non-hydrogen) atoms. The minimum absolute atomic E-state index is 0.0839. The smallest absolute Gasteiger partial charge is 0.274 e. The van der Waals surface area contributed by atoms with E-state index in [0.29, 0.717) is 17.7 Å². The van der Waals surface area contributed by atoms with Crippen LogP contribution in [0.1, 0.15) is 36.2 Å². The van der Waals surface area contributed by atoms with Crippen LogP contribution in [0.5, 0.6) is 0 Å². The van der Waals surface area contributed by atoms with Crippen molar-refractivity contribution >= 4 is 17.2 Å². The highest BCUT2D eigenvalue weighted by Gasteiger charge is 2.35. The molecule has 2 aliphatic rings. The summed E-state index contributed by atoms with van der Waals surface area (Å²) in [5, 5.41) is 12.8. The molecule has 0 spiro atoms. The molecule has 6 heteroatoms. The van der Waals surface area contributed by atoms with Crippen LogP contribution in [0.25, 0.3) is 10.6 Å². The molecule has 2 unspecified atom stereocenters. The first-order valence-corrected chi connectivity index (χ1v) is 9.32. The van der Waals surface area contributed by atoms with Crippen molar-refractivity contribution in [2.75, 3.05) is 19.6 Å². The van der Waals surface area contributed by atoms with Crippen LogP contribution in [-0.4, -0.2) is 46.7 Å². The van der Waals surface area contributed by atoms with Crippen LogP contribution in [0.15, 0.2) is 23.6 Å². The standard InChI is InChI=1S/C17H22N4OS/c22-17(14-10-13(19-20-14)16-6-3-9-23-16)21-8-2-4-12-11-18-7-1-5-15(12)21/h3,6,9-10,12,15,18H,1-2,4-5,7-8,11H2,(H,19,20). The summed E-state index contributed by atoms with van der Waals surface area (Å²) in [6, 6.07) is 6.32. The zero-order chi connectivity index (χ0) is 15.6. The predicted molar refractivity (Wildman–Crippen MR) is 91.6 cm³/mol. The number of aromatic nitrogens is 2. The number of rotatable bonds is 2. The Balaban J connectivity index is 1.55. The van der Waals surface area contributed by atoms with Crippen LogP contribution in [0, 0.1) is 5.92 Å². The Bertz CT molecular complexity index is 666. The van der Waals surface area contributed by atoms with E-state index in [4.69, 9.17) is 0 Å². The van der Waals surface area contributed by atoms with Gasteiger partial charge < -0.3 is 10.2 Å². The van der Waals surface area contributed by atoms with Crippen LogP contribution in [0.2, 0.25) is 0 Å². The van der Waals surface area contributed by atoms with Gasteiger partial charge in [0.1, 0.15) is 0 Å². The Labute approximate surface area is 140 Å². The van der Waals surface area contributed by atoms with Crippen LogP contribution in [0.3, 0.4) is 0 Å². The fourth-order valence-electron chi connectivity index (χ4n) is 3.88. The van der Waals surface area contributed by atoms with Gasteiger partial charge in [-0.05, 0) is 62.2 Å². The molecule has 5 nitrogen and oxygen atoms in total. The van der Waals surface area contributed by atoms with Gasteiger partial charge in [0, 0.05) is 12.6 Å². The predicted octanol–water partition coefficient (Wildman–Crippen LogP) is 2.74. The number of likely N-dealkylation sites (tertiary alicyclic amines) is 1. The third-order valence-corrected chi connectivity index (χ3v) is 5.93. The van der Waals surface area contributed by atoms with E-state index in [2.05, 4.69) is 20.4 Å². The van der Waals surface area contributed by atoms with Gasteiger partial charge in [-0.2, -0.15) is 5.10 Å². The molecule has 2 N–H and O–H groups in total. The highest BCUT2D eigenvalue weighted by molar-refractivity contribution is 7.13. The topological polar surface area (TPSA) is 61.0 Å². The maximum atomic E-state index is 13.0. The van der Waals surface area contributed by atoms with Crippen LogP contribution in [-0.2, 0) is 0 Å². The third kappa shape index (κ3) is 2.93. The lowest BCUT2D eigenvalue weighted by molar-refractivity contribution is 0.0489. The first kappa shape index (κ1) is 14.9. The maximum Gasteiger partial charge on any atom is 0.274 e. The molecule has 0 radical (unpaired) electrons. The lowest BCUT2D eigenvalue weighted by Crippen LogP contribution is -2.49. The highest BCUT2D eigenvalue weighted by atomic mass is 32.1. The van der Waals surface area contributed by atoms with Crippen molar-refractivity contribution in [2.24, 2.45) is 5.92 Å². The lowest BCUT2D eigenvalue weighted by atomic mass is 9.87. The van der Waals surface area contributed by atoms with Gasteiger partial charge in [-0.1, -0.05) is 6.07 Å². The summed E-state index contributed by atoms with van der Waals surface area (Å²) in [6.07, 6.45) is 4.57. The average Bonchev–Trinajstić information content (AvgIpc) is 3.21. The molecule has 0 aliphatic carbocycles. The van der Waals surface area contributed by atoms with E-state index in [1.165, 1.54) is 6.42 Å². The minimum atomic E-state index is 0.0839. The number of amides is 1. The number of H-pyrrole nitrogens is 1. The summed E-state index contributed by atoms with van der Waals surface area (Å²) in [6.45, 7) is 2.97. The summed E-state index contributed by atoms with van der Waals surface area (Å²) < 4.78 is 0. The minimum Gasteiger partial charge on any atom is -0.334 e. The second kappa shape index (κ2) is 6.45. The summed E-state index contributed by atoms with van der Waals surface area (Å²) in [7, 11) is 0. The van der Waals surface area contributed by atoms with Crippen molar-refractivity contribution < 1.29 is 4.79 Å². The zero-order valence-corrected chi connectivity index (χ0v) is 13.9. The number of nitrogens with zero attached hydrogens (tertiary/aromatic N) is 2. The van der Waals surface area contributed by atoms with Crippen molar-refractivity contribution in [3.05, 3.63) is 29.3 Å². The average molecular weight is 330 g/mol. The van der Waals surface area contributed by atoms with Gasteiger partial charge in [-0.3, -0.25) is 9.89 Å². The van der Waals surface area contributed by atoms with Gasteiger partial charge >= 0.3 is 0 Å². The van der Waals surface area contributed by atoms with Crippen molar-refractivity contribution in [2.45, 2.75) is 31.7 Å². The first-order chi connectivity index (χ1) is 11.3. The van der Waals surface area contributed by atoms with E-state index in [1.54, 1.807) is 11.3 Å². The first-order valence-electron chi connectivity index (χ1n) is 8.44. The Hall–Kier alpha value is -1.66. The lowest BCUT2D eigenvalue weighted by Gasteiger charge is -2.40. The van der Waals surface area contributed by atoms with Crippen LogP contribution >= 0.6 is 11.3 Å². The number of carbonyl (C=O) groups excluding carboxylic acids is 1. The molecule has 2 saturated heterocycles. The number of piperidine rings is 1. The Morgan fingerprint density at radius 1 is 1.35 bits per heavy atom. The van der Waals surface area contributed by atoms with Gasteiger partial charge in [-0.15, -0.1) is 11.3 Å². The molecule has 4 rings (SSSR count). The van der Waals surface area contributed by atoms with E-state index in [0.717, 1.165) is 49.5 Å². The molecule has 2 aromatic heterocycles. The van der Waals surface area contributed by atoms with Crippen molar-refractivity contribution in [1.29, 1.82) is 0 Å². The molecule has 1 amide bonds. The summed E-state index contributed by atoms with van der Waals surface area (Å²) in [4.78, 5) is 16.2. The van der Waals surface area contributed by atoms with Gasteiger partial charge in [0.05, 0.1) is 10.6 Å². The summed E-state index contributed by atoms with van der Waals surface area (Å²) in [5.41, 5.74) is 1.48. The number of fused-ring (bicyclic) bond motifs is 1. The Kier molecular flexibility index (Phi) is 4.18. The number of thiophene rings is 1. The fraction of sp³-hybridized carbons (Fsp3) is 0.529. The van der Waals surface area contributed by atoms with Crippen molar-refractivity contribution in [1.82, 2.24) is 20.4 Å². The summed E-state index contributed by atoms with van der Waals surface area (Å²) in [5.74, 6) is 0.673. The third-order valence-electron chi connectivity index (χ3n) is 5.02. The number of nitrogens with one attached hydrogen (secondary N) is 2. The van der Waals surface area contributed by atoms with Crippen LogP contribution in [0.4, 0.5) is 0 Å². The van der Waals surface area contributed by atoms with Crippen molar-refractivity contribution in [3.8, 4) is 10.6 Å². The monoisotopic (exact) mass is 330 g/mol. The molecule has 122 valence electrons. The van der Waals surface area contributed by atoms with E-state index >= 15 is 0 Å². The van der Waals surface area contributed by atoms with Crippen molar-refractivity contribution in [3.63, 3.8) is 0 Å². The van der Waals surface area contributed by atoms with E-state index in [9.17, 15) is 4.79 Å². The number of carbonyl (C=O) groups is 1. The number of hydrogen-bond donors (Lipinski definition) is 2. The Morgan fingerprint density at radius 3 is 3.17 bits per heavy atom. The maximum absolute atomic E-state index is 13.0. The number of hydrogen-bond acceptors (Lipinski definition) is 4. The van der Waals surface area contributed by atoms with E-state index in [1.807, 2.05) is 23.6 Å². The highest BCUT2D eigenvalue weighted by Crippen LogP contribution is 2.30. The molecule has 2 fully saturated rings. The second-order valence-electron chi connectivity index (χ2n) is 6.46. The normalized spacial score (nSPS) is 25.0. The van der Waals surface area contributed by atoms with E-state index < -0.39 is 0 Å². The second-order valence-corrected chi connectivity index (χ2v) is 7.41. The molecular weight excluding hydrogens is 308 g/mol. The van der Waals surface area contributed by atoms with E-state index in [-0.39, 0.29) is 5.91 Å². The molecular formula is C17H22N4OS. The van der Waals surface area contributed by atoms with Gasteiger partial charge in [0.2, 0.25) is 0 Å². The largest absolute Gasteiger partial charge is 0.334 e. The molecule has 2 atom stereocenters. The molecule has 2 aliphatic heterocycles. The van der Waals surface area contributed by atoms with Gasteiger partial charge in [0.25, 0.3) is 5.91 Å². The number of aromatic amines is 1. The quantitative estimate of drug-likeness (QED) is 0.890.